The molecule has 0 aliphatic carbocycles. The lowest BCUT2D eigenvalue weighted by atomic mass is 9.94. The van der Waals surface area contributed by atoms with Crippen molar-refractivity contribution in [3.8, 4) is 11.1 Å². The molecule has 0 radical (unpaired) electrons. The number of halogens is 2. The number of rotatable bonds is 5. The summed E-state index contributed by atoms with van der Waals surface area (Å²) in [6, 6.07) is 7.61. The molecule has 0 aliphatic rings. The van der Waals surface area contributed by atoms with Gasteiger partial charge in [-0.1, -0.05) is 16.8 Å². The van der Waals surface area contributed by atoms with Gasteiger partial charge in [-0.25, -0.2) is 9.78 Å². The number of nitrogens with one attached hydrogen (secondary N) is 1. The van der Waals surface area contributed by atoms with Gasteiger partial charge in [0.1, 0.15) is 5.60 Å². The smallest absolute Gasteiger partial charge is 0.408 e. The van der Waals surface area contributed by atoms with Crippen LogP contribution < -0.4 is 5.32 Å². The van der Waals surface area contributed by atoms with Crippen molar-refractivity contribution < 1.29 is 23.2 Å². The Labute approximate surface area is 183 Å². The molecule has 2 aromatic heterocycles. The first kappa shape index (κ1) is 22.4. The monoisotopic (exact) mass is 445 g/mol. The maximum Gasteiger partial charge on any atom is 0.408 e. The van der Waals surface area contributed by atoms with E-state index in [1.807, 2.05) is 0 Å². The van der Waals surface area contributed by atoms with Crippen molar-refractivity contribution in [2.75, 3.05) is 0 Å². The summed E-state index contributed by atoms with van der Waals surface area (Å²) >= 11 is 5.88. The molecule has 1 aromatic carbocycles. The molecule has 0 fully saturated rings. The molecular formula is C22H21ClFN3O4. The minimum absolute atomic E-state index is 0.0659. The fraction of sp³-hybridized carbons (Fsp3) is 0.273. The van der Waals surface area contributed by atoms with Crippen LogP contribution in [0.4, 0.5) is 9.18 Å². The second-order valence-electron chi connectivity index (χ2n) is 7.78. The van der Waals surface area contributed by atoms with Crippen molar-refractivity contribution in [3.63, 3.8) is 0 Å². The normalized spacial score (nSPS) is 11.3. The molecule has 0 spiro atoms. The second kappa shape index (κ2) is 8.85. The van der Waals surface area contributed by atoms with Gasteiger partial charge in [-0.3, -0.25) is 4.79 Å². The summed E-state index contributed by atoms with van der Waals surface area (Å²) in [5, 5.41) is 6.95. The number of ketones is 1. The van der Waals surface area contributed by atoms with Gasteiger partial charge in [-0.15, -0.1) is 0 Å². The molecule has 3 aromatic rings. The Hall–Kier alpha value is -3.26. The van der Waals surface area contributed by atoms with E-state index in [9.17, 15) is 14.0 Å². The average Bonchev–Trinajstić information content (AvgIpc) is 3.05. The van der Waals surface area contributed by atoms with E-state index in [2.05, 4.69) is 15.5 Å². The topological polar surface area (TPSA) is 94.3 Å². The Bertz CT molecular complexity index is 1120. The lowest BCUT2D eigenvalue weighted by molar-refractivity contribution is 0.0518. The lowest BCUT2D eigenvalue weighted by Gasteiger charge is -2.19. The quantitative estimate of drug-likeness (QED) is 0.434. The van der Waals surface area contributed by atoms with Crippen molar-refractivity contribution in [1.29, 1.82) is 0 Å². The Morgan fingerprint density at radius 3 is 2.52 bits per heavy atom. The third-order valence-corrected chi connectivity index (χ3v) is 4.49. The zero-order chi connectivity index (χ0) is 22.8. The number of hydrogen-bond donors (Lipinski definition) is 1. The van der Waals surface area contributed by atoms with Crippen LogP contribution in [0.25, 0.3) is 11.1 Å². The van der Waals surface area contributed by atoms with E-state index in [-0.39, 0.29) is 29.0 Å². The zero-order valence-corrected chi connectivity index (χ0v) is 18.2. The van der Waals surface area contributed by atoms with Crippen LogP contribution in [0.1, 0.15) is 48.1 Å². The van der Waals surface area contributed by atoms with Gasteiger partial charge in [-0.05, 0) is 58.0 Å². The standard InChI is InChI=1S/C22H21ClFN3O4/c1-12-17(16(31-27-12)11-26-21(29)30-22(2,3)4)15-9-10-25-20(24)18(15)19(28)13-5-7-14(23)8-6-13/h5-10H,11H2,1-4H3,(H,26,29). The van der Waals surface area contributed by atoms with E-state index >= 15 is 0 Å². The van der Waals surface area contributed by atoms with Gasteiger partial charge in [0.25, 0.3) is 0 Å². The number of aromatic nitrogens is 2. The van der Waals surface area contributed by atoms with Gasteiger partial charge in [0, 0.05) is 22.3 Å². The third-order valence-electron chi connectivity index (χ3n) is 4.23. The van der Waals surface area contributed by atoms with Crippen LogP contribution in [0.2, 0.25) is 5.02 Å². The van der Waals surface area contributed by atoms with Gasteiger partial charge in [0.15, 0.2) is 11.5 Å². The van der Waals surface area contributed by atoms with Gasteiger partial charge < -0.3 is 14.6 Å². The third kappa shape index (κ3) is 5.27. The van der Waals surface area contributed by atoms with Crippen LogP contribution in [0.3, 0.4) is 0 Å². The molecule has 0 saturated carbocycles. The number of carbonyl (C=O) groups is 2. The molecule has 9 heteroatoms. The highest BCUT2D eigenvalue weighted by atomic mass is 35.5. The minimum atomic E-state index is -0.927. The fourth-order valence-electron chi connectivity index (χ4n) is 2.96. The molecule has 2 heterocycles. The summed E-state index contributed by atoms with van der Waals surface area (Å²) in [6.07, 6.45) is 0.603. The van der Waals surface area contributed by atoms with Gasteiger partial charge in [0.2, 0.25) is 5.95 Å². The van der Waals surface area contributed by atoms with Crippen molar-refractivity contribution in [2.24, 2.45) is 0 Å². The maximum absolute atomic E-state index is 14.7. The van der Waals surface area contributed by atoms with Crippen molar-refractivity contribution in [3.05, 3.63) is 70.1 Å². The second-order valence-corrected chi connectivity index (χ2v) is 8.22. The molecule has 0 atom stereocenters. The van der Waals surface area contributed by atoms with Gasteiger partial charge >= 0.3 is 6.09 Å². The van der Waals surface area contributed by atoms with E-state index in [0.717, 1.165) is 0 Å². The zero-order valence-electron chi connectivity index (χ0n) is 17.5. The van der Waals surface area contributed by atoms with Crippen molar-refractivity contribution >= 4 is 23.5 Å². The first-order valence-corrected chi connectivity index (χ1v) is 9.82. The van der Waals surface area contributed by atoms with Crippen LogP contribution in [0.5, 0.6) is 0 Å². The van der Waals surface area contributed by atoms with Crippen LogP contribution in [0, 0.1) is 12.9 Å². The lowest BCUT2D eigenvalue weighted by Crippen LogP contribution is -2.32. The molecule has 7 nitrogen and oxygen atoms in total. The summed E-state index contributed by atoms with van der Waals surface area (Å²) in [5.41, 5.74) is 0.435. The average molecular weight is 446 g/mol. The molecule has 162 valence electrons. The SMILES string of the molecule is Cc1noc(CNC(=O)OC(C)(C)C)c1-c1ccnc(F)c1C(=O)c1ccc(Cl)cc1. The largest absolute Gasteiger partial charge is 0.444 e. The van der Waals surface area contributed by atoms with Gasteiger partial charge in [0.05, 0.1) is 23.4 Å². The van der Waals surface area contributed by atoms with Gasteiger partial charge in [-0.2, -0.15) is 4.39 Å². The predicted molar refractivity (Wildman–Crippen MR) is 112 cm³/mol. The molecule has 0 aliphatic heterocycles. The van der Waals surface area contributed by atoms with Crippen LogP contribution >= 0.6 is 11.6 Å². The highest BCUT2D eigenvalue weighted by molar-refractivity contribution is 6.30. The number of carbonyl (C=O) groups excluding carboxylic acids is 2. The Kier molecular flexibility index (Phi) is 6.40. The molecule has 0 bridgehead atoms. The van der Waals surface area contributed by atoms with E-state index in [1.165, 1.54) is 24.4 Å². The highest BCUT2D eigenvalue weighted by Crippen LogP contribution is 2.32. The summed E-state index contributed by atoms with van der Waals surface area (Å²) in [7, 11) is 0. The van der Waals surface area contributed by atoms with E-state index in [4.69, 9.17) is 20.9 Å². The molecule has 1 amide bonds. The molecule has 31 heavy (non-hydrogen) atoms. The first-order chi connectivity index (χ1) is 14.6. The van der Waals surface area contributed by atoms with E-state index < -0.39 is 23.4 Å². The van der Waals surface area contributed by atoms with Crippen LogP contribution in [0.15, 0.2) is 41.1 Å². The molecular weight excluding hydrogens is 425 g/mol. The molecule has 0 saturated heterocycles. The number of alkyl carbamates (subject to hydrolysis) is 1. The van der Waals surface area contributed by atoms with Crippen molar-refractivity contribution in [1.82, 2.24) is 15.5 Å². The molecule has 0 unspecified atom stereocenters. The Morgan fingerprint density at radius 2 is 1.87 bits per heavy atom. The summed E-state index contributed by atoms with van der Waals surface area (Å²) < 4.78 is 25.3. The first-order valence-electron chi connectivity index (χ1n) is 9.44. The Balaban J connectivity index is 1.98. The molecule has 1 N–H and O–H groups in total. The number of hydrogen-bond acceptors (Lipinski definition) is 6. The number of pyridine rings is 1. The summed E-state index contributed by atoms with van der Waals surface area (Å²) in [4.78, 5) is 28.7. The maximum atomic E-state index is 14.7. The number of ether oxygens (including phenoxy) is 1. The van der Waals surface area contributed by atoms with E-state index in [0.29, 0.717) is 16.3 Å². The summed E-state index contributed by atoms with van der Waals surface area (Å²) in [5.74, 6) is -1.24. The predicted octanol–water partition coefficient (Wildman–Crippen LogP) is 5.09. The van der Waals surface area contributed by atoms with Crippen molar-refractivity contribution in [2.45, 2.75) is 39.8 Å². The number of benzene rings is 1. The summed E-state index contributed by atoms with van der Waals surface area (Å²) in [6.45, 7) is 6.81. The van der Waals surface area contributed by atoms with Crippen LogP contribution in [-0.4, -0.2) is 27.6 Å². The minimum Gasteiger partial charge on any atom is -0.444 e. The highest BCUT2D eigenvalue weighted by Gasteiger charge is 2.26. The number of nitrogens with zero attached hydrogens (tertiary/aromatic N) is 2. The van der Waals surface area contributed by atoms with E-state index in [1.54, 1.807) is 39.8 Å². The molecule has 3 rings (SSSR count). The number of aryl methyl sites for hydroxylation is 1. The fourth-order valence-corrected chi connectivity index (χ4v) is 3.08. The Morgan fingerprint density at radius 1 is 1.19 bits per heavy atom. The number of amides is 1. The van der Waals surface area contributed by atoms with Crippen LogP contribution in [-0.2, 0) is 11.3 Å².